The Morgan fingerprint density at radius 2 is 1.80 bits per heavy atom. The molecule has 1 saturated carbocycles. The van der Waals surface area contributed by atoms with E-state index in [2.05, 4.69) is 0 Å². The molecule has 0 radical (unpaired) electrons. The summed E-state index contributed by atoms with van der Waals surface area (Å²) in [5.74, 6) is -0.829. The molecule has 0 spiro atoms. The first kappa shape index (κ1) is 17.9. The summed E-state index contributed by atoms with van der Waals surface area (Å²) in [6.45, 7) is 2.38. The SMILES string of the molecule is CCS(=O)(=O)c1ccc(CC(=O)N2C[C@H](C(=O)O)[C@@H](C3CC3)C2)cc1. The number of amides is 1. The third-order valence-electron chi connectivity index (χ3n) is 5.28. The van der Waals surface area contributed by atoms with Gasteiger partial charge in [0.15, 0.2) is 9.84 Å². The van der Waals surface area contributed by atoms with Crippen LogP contribution in [0.1, 0.15) is 25.3 Å². The molecule has 1 saturated heterocycles. The zero-order valence-electron chi connectivity index (χ0n) is 14.2. The number of likely N-dealkylation sites (tertiary alicyclic amines) is 1. The van der Waals surface area contributed by atoms with Crippen LogP contribution in [0.5, 0.6) is 0 Å². The molecule has 2 atom stereocenters. The highest BCUT2D eigenvalue weighted by Crippen LogP contribution is 2.44. The Kier molecular flexibility index (Phi) is 4.86. The lowest BCUT2D eigenvalue weighted by atomic mass is 9.92. The van der Waals surface area contributed by atoms with Gasteiger partial charge < -0.3 is 10.0 Å². The molecule has 25 heavy (non-hydrogen) atoms. The van der Waals surface area contributed by atoms with Crippen LogP contribution in [0.2, 0.25) is 0 Å². The number of carboxylic acid groups (broad SMARTS) is 1. The summed E-state index contributed by atoms with van der Waals surface area (Å²) in [4.78, 5) is 25.9. The zero-order valence-corrected chi connectivity index (χ0v) is 15.0. The Bertz CT molecular complexity index is 767. The van der Waals surface area contributed by atoms with Crippen LogP contribution in [0.15, 0.2) is 29.2 Å². The molecule has 136 valence electrons. The van der Waals surface area contributed by atoms with Gasteiger partial charge in [0.1, 0.15) is 0 Å². The molecule has 6 nitrogen and oxygen atoms in total. The van der Waals surface area contributed by atoms with Crippen LogP contribution in [-0.2, 0) is 25.8 Å². The highest BCUT2D eigenvalue weighted by Gasteiger charge is 2.46. The number of carboxylic acids is 1. The summed E-state index contributed by atoms with van der Waals surface area (Å²) >= 11 is 0. The van der Waals surface area contributed by atoms with Crippen molar-refractivity contribution < 1.29 is 23.1 Å². The van der Waals surface area contributed by atoms with E-state index < -0.39 is 21.7 Å². The summed E-state index contributed by atoms with van der Waals surface area (Å²) in [5.41, 5.74) is 0.738. The average molecular weight is 365 g/mol. The van der Waals surface area contributed by atoms with Gasteiger partial charge in [0, 0.05) is 13.1 Å². The number of hydrogen-bond donors (Lipinski definition) is 1. The van der Waals surface area contributed by atoms with E-state index >= 15 is 0 Å². The van der Waals surface area contributed by atoms with Crippen molar-refractivity contribution in [3.05, 3.63) is 29.8 Å². The molecule has 1 N–H and O–H groups in total. The van der Waals surface area contributed by atoms with Crippen LogP contribution in [0.4, 0.5) is 0 Å². The van der Waals surface area contributed by atoms with Crippen LogP contribution in [-0.4, -0.2) is 49.1 Å². The second kappa shape index (κ2) is 6.78. The van der Waals surface area contributed by atoms with E-state index in [4.69, 9.17) is 0 Å². The summed E-state index contributed by atoms with van der Waals surface area (Å²) in [6, 6.07) is 6.37. The smallest absolute Gasteiger partial charge is 0.308 e. The Morgan fingerprint density at radius 3 is 2.32 bits per heavy atom. The van der Waals surface area contributed by atoms with Crippen LogP contribution in [0, 0.1) is 17.8 Å². The number of carbonyl (C=O) groups excluding carboxylic acids is 1. The highest BCUT2D eigenvalue weighted by molar-refractivity contribution is 7.91. The first-order chi connectivity index (χ1) is 11.8. The van der Waals surface area contributed by atoms with Crippen molar-refractivity contribution in [3.8, 4) is 0 Å². The second-order valence-electron chi connectivity index (χ2n) is 6.97. The molecule has 0 aromatic heterocycles. The Morgan fingerprint density at radius 1 is 1.16 bits per heavy atom. The van der Waals surface area contributed by atoms with Gasteiger partial charge in [-0.25, -0.2) is 8.42 Å². The third-order valence-corrected chi connectivity index (χ3v) is 7.03. The first-order valence-electron chi connectivity index (χ1n) is 8.64. The van der Waals surface area contributed by atoms with Crippen molar-refractivity contribution in [2.24, 2.45) is 17.8 Å². The molecule has 0 bridgehead atoms. The summed E-state index contributed by atoms with van der Waals surface area (Å²) in [5, 5.41) is 9.38. The largest absolute Gasteiger partial charge is 0.481 e. The number of sulfone groups is 1. The zero-order chi connectivity index (χ0) is 18.2. The van der Waals surface area contributed by atoms with Gasteiger partial charge in [-0.3, -0.25) is 9.59 Å². The lowest BCUT2D eigenvalue weighted by molar-refractivity contribution is -0.142. The first-order valence-corrected chi connectivity index (χ1v) is 10.3. The van der Waals surface area contributed by atoms with Gasteiger partial charge in [0.05, 0.1) is 23.0 Å². The fourth-order valence-electron chi connectivity index (χ4n) is 3.56. The maximum absolute atomic E-state index is 12.5. The van der Waals surface area contributed by atoms with Gasteiger partial charge in [0.25, 0.3) is 0 Å². The standard InChI is InChI=1S/C18H23NO5S/c1-2-25(23,24)14-7-3-12(4-8-14)9-17(20)19-10-15(13-5-6-13)16(11-19)18(21)22/h3-4,7-8,13,15-16H,2,5-6,9-11H2,1H3,(H,21,22)/t15-,16+/m1/s1. The lowest BCUT2D eigenvalue weighted by Crippen LogP contribution is -2.31. The Hall–Kier alpha value is -1.89. The van der Waals surface area contributed by atoms with E-state index in [0.717, 1.165) is 18.4 Å². The van der Waals surface area contributed by atoms with Crippen molar-refractivity contribution in [2.45, 2.75) is 31.1 Å². The van der Waals surface area contributed by atoms with Crippen molar-refractivity contribution in [1.82, 2.24) is 4.90 Å². The molecule has 3 rings (SSSR count). The topological polar surface area (TPSA) is 91.8 Å². The second-order valence-corrected chi connectivity index (χ2v) is 9.25. The molecule has 1 aliphatic heterocycles. The maximum atomic E-state index is 12.5. The van der Waals surface area contributed by atoms with E-state index in [-0.39, 0.29) is 35.4 Å². The van der Waals surface area contributed by atoms with Gasteiger partial charge in [-0.05, 0) is 42.4 Å². The molecule has 1 aromatic rings. The van der Waals surface area contributed by atoms with Crippen molar-refractivity contribution in [1.29, 1.82) is 0 Å². The predicted molar refractivity (Wildman–Crippen MR) is 91.8 cm³/mol. The fraction of sp³-hybridized carbons (Fsp3) is 0.556. The van der Waals surface area contributed by atoms with Gasteiger partial charge >= 0.3 is 5.97 Å². The van der Waals surface area contributed by atoms with E-state index in [0.29, 0.717) is 12.5 Å². The molecule has 1 aromatic carbocycles. The molecular formula is C18H23NO5S. The molecule has 1 amide bonds. The maximum Gasteiger partial charge on any atom is 0.308 e. The quantitative estimate of drug-likeness (QED) is 0.827. The molecule has 1 aliphatic carbocycles. The number of aliphatic carboxylic acids is 1. The van der Waals surface area contributed by atoms with Gasteiger partial charge in [-0.15, -0.1) is 0 Å². The van der Waals surface area contributed by atoms with E-state index in [1.165, 1.54) is 12.1 Å². The highest BCUT2D eigenvalue weighted by atomic mass is 32.2. The lowest BCUT2D eigenvalue weighted by Gasteiger charge is -2.16. The predicted octanol–water partition coefficient (Wildman–Crippen LogP) is 1.59. The monoisotopic (exact) mass is 365 g/mol. The molecule has 2 fully saturated rings. The van der Waals surface area contributed by atoms with E-state index in [9.17, 15) is 23.1 Å². The summed E-state index contributed by atoms with van der Waals surface area (Å²) in [6.07, 6.45) is 2.28. The van der Waals surface area contributed by atoms with Crippen LogP contribution >= 0.6 is 0 Å². The molecule has 7 heteroatoms. The van der Waals surface area contributed by atoms with Gasteiger partial charge in [-0.1, -0.05) is 19.1 Å². The van der Waals surface area contributed by atoms with Gasteiger partial charge in [-0.2, -0.15) is 0 Å². The minimum atomic E-state index is -3.25. The fourth-order valence-corrected chi connectivity index (χ4v) is 4.45. The number of hydrogen-bond acceptors (Lipinski definition) is 4. The van der Waals surface area contributed by atoms with E-state index in [1.54, 1.807) is 24.0 Å². The third kappa shape index (κ3) is 3.86. The summed E-state index contributed by atoms with van der Waals surface area (Å²) < 4.78 is 23.6. The van der Waals surface area contributed by atoms with Crippen molar-refractivity contribution in [3.63, 3.8) is 0 Å². The number of benzene rings is 1. The molecule has 0 unspecified atom stereocenters. The van der Waals surface area contributed by atoms with Crippen LogP contribution in [0.3, 0.4) is 0 Å². The molecule has 2 aliphatic rings. The van der Waals surface area contributed by atoms with E-state index in [1.807, 2.05) is 0 Å². The number of carbonyl (C=O) groups is 2. The van der Waals surface area contributed by atoms with Crippen molar-refractivity contribution in [2.75, 3.05) is 18.8 Å². The minimum absolute atomic E-state index is 0.0399. The van der Waals surface area contributed by atoms with Crippen LogP contribution < -0.4 is 0 Å². The molecular weight excluding hydrogens is 342 g/mol. The Labute approximate surface area is 147 Å². The summed E-state index contributed by atoms with van der Waals surface area (Å²) in [7, 11) is -3.25. The minimum Gasteiger partial charge on any atom is -0.481 e. The van der Waals surface area contributed by atoms with Gasteiger partial charge in [0.2, 0.25) is 5.91 Å². The van der Waals surface area contributed by atoms with Crippen LogP contribution in [0.25, 0.3) is 0 Å². The normalized spacial score (nSPS) is 23.6. The number of nitrogens with zero attached hydrogens (tertiary/aromatic N) is 1. The Balaban J connectivity index is 1.65. The average Bonchev–Trinajstić information content (AvgIpc) is 3.33. The molecule has 1 heterocycles. The van der Waals surface area contributed by atoms with Crippen molar-refractivity contribution >= 4 is 21.7 Å². The number of rotatable bonds is 6.